The van der Waals surface area contributed by atoms with Gasteiger partial charge in [0.15, 0.2) is 0 Å². The average Bonchev–Trinajstić information content (AvgIpc) is 2.56. The fraction of sp³-hybridized carbons (Fsp3) is 0.278. The van der Waals surface area contributed by atoms with E-state index in [1.807, 2.05) is 25.1 Å². The van der Waals surface area contributed by atoms with Gasteiger partial charge in [-0.3, -0.25) is 4.79 Å². The summed E-state index contributed by atoms with van der Waals surface area (Å²) < 4.78 is 10.6. The summed E-state index contributed by atoms with van der Waals surface area (Å²) >= 11 is 0. The Morgan fingerprint density at radius 1 is 1.13 bits per heavy atom. The molecule has 0 heterocycles. The Hall–Kier alpha value is -2.69. The first-order chi connectivity index (χ1) is 11.0. The van der Waals surface area contributed by atoms with Gasteiger partial charge in [-0.2, -0.15) is 0 Å². The largest absolute Gasteiger partial charge is 0.508 e. The van der Waals surface area contributed by atoms with Gasteiger partial charge in [0.05, 0.1) is 26.7 Å². The number of hydrogen-bond acceptors (Lipinski definition) is 4. The molecule has 2 N–H and O–H groups in total. The molecule has 0 saturated carbocycles. The maximum atomic E-state index is 12.2. The van der Waals surface area contributed by atoms with Crippen LogP contribution in [0.2, 0.25) is 0 Å². The number of aromatic hydroxyl groups is 1. The summed E-state index contributed by atoms with van der Waals surface area (Å²) in [4.78, 5) is 12.2. The second-order valence-corrected chi connectivity index (χ2v) is 5.24. The third kappa shape index (κ3) is 4.39. The van der Waals surface area contributed by atoms with Crippen molar-refractivity contribution in [3.63, 3.8) is 0 Å². The van der Waals surface area contributed by atoms with E-state index in [0.717, 1.165) is 11.1 Å². The molecule has 1 atom stereocenters. The maximum Gasteiger partial charge on any atom is 0.224 e. The van der Waals surface area contributed by atoms with Gasteiger partial charge in [-0.05, 0) is 42.8 Å². The lowest BCUT2D eigenvalue weighted by Crippen LogP contribution is -2.28. The summed E-state index contributed by atoms with van der Waals surface area (Å²) in [5, 5.41) is 12.2. The molecule has 0 saturated heterocycles. The zero-order valence-corrected chi connectivity index (χ0v) is 13.5. The number of ether oxygens (including phenoxy) is 2. The molecule has 0 aromatic heterocycles. The first-order valence-corrected chi connectivity index (χ1v) is 7.32. The Labute approximate surface area is 135 Å². The zero-order valence-electron chi connectivity index (χ0n) is 13.5. The van der Waals surface area contributed by atoms with E-state index in [4.69, 9.17) is 9.47 Å². The topological polar surface area (TPSA) is 67.8 Å². The molecule has 0 aliphatic carbocycles. The van der Waals surface area contributed by atoms with Crippen molar-refractivity contribution in [1.29, 1.82) is 0 Å². The van der Waals surface area contributed by atoms with Gasteiger partial charge >= 0.3 is 0 Å². The van der Waals surface area contributed by atoms with Gasteiger partial charge in [-0.1, -0.05) is 12.1 Å². The van der Waals surface area contributed by atoms with E-state index in [-0.39, 0.29) is 24.1 Å². The number of hydrogen-bond donors (Lipinski definition) is 2. The van der Waals surface area contributed by atoms with Crippen LogP contribution < -0.4 is 14.8 Å². The number of amides is 1. The minimum Gasteiger partial charge on any atom is -0.508 e. The molecule has 2 aromatic rings. The van der Waals surface area contributed by atoms with Crippen LogP contribution in [0.3, 0.4) is 0 Å². The van der Waals surface area contributed by atoms with Crippen molar-refractivity contribution < 1.29 is 19.4 Å². The minimum absolute atomic E-state index is 0.104. The van der Waals surface area contributed by atoms with Gasteiger partial charge in [0.2, 0.25) is 5.91 Å². The predicted molar refractivity (Wildman–Crippen MR) is 87.9 cm³/mol. The number of carbonyl (C=O) groups is 1. The van der Waals surface area contributed by atoms with Crippen LogP contribution in [-0.4, -0.2) is 25.2 Å². The summed E-state index contributed by atoms with van der Waals surface area (Å²) in [7, 11) is 3.19. The van der Waals surface area contributed by atoms with Crippen molar-refractivity contribution >= 4 is 5.91 Å². The molecule has 0 fully saturated rings. The van der Waals surface area contributed by atoms with Crippen molar-refractivity contribution in [2.45, 2.75) is 19.4 Å². The molecule has 5 nitrogen and oxygen atoms in total. The van der Waals surface area contributed by atoms with Gasteiger partial charge in [0.25, 0.3) is 0 Å². The molecule has 122 valence electrons. The monoisotopic (exact) mass is 315 g/mol. The Morgan fingerprint density at radius 3 is 2.43 bits per heavy atom. The standard InChI is InChI=1S/C18H21NO4/c1-12(16-11-15(22-2)8-9-17(16)23-3)19-18(21)10-13-4-6-14(20)7-5-13/h4-9,11-12,20H,10H2,1-3H3,(H,19,21). The van der Waals surface area contributed by atoms with E-state index in [1.54, 1.807) is 38.5 Å². The molecular weight excluding hydrogens is 294 g/mol. The van der Waals surface area contributed by atoms with E-state index >= 15 is 0 Å². The van der Waals surface area contributed by atoms with Crippen molar-refractivity contribution in [3.05, 3.63) is 53.6 Å². The van der Waals surface area contributed by atoms with E-state index in [0.29, 0.717) is 11.5 Å². The molecule has 2 rings (SSSR count). The second kappa shape index (κ2) is 7.54. The van der Waals surface area contributed by atoms with Gasteiger partial charge in [-0.15, -0.1) is 0 Å². The Balaban J connectivity index is 2.07. The van der Waals surface area contributed by atoms with Crippen LogP contribution in [0.5, 0.6) is 17.2 Å². The zero-order chi connectivity index (χ0) is 16.8. The highest BCUT2D eigenvalue weighted by molar-refractivity contribution is 5.79. The highest BCUT2D eigenvalue weighted by Gasteiger charge is 2.15. The van der Waals surface area contributed by atoms with Crippen LogP contribution in [0.25, 0.3) is 0 Å². The minimum atomic E-state index is -0.218. The third-order valence-corrected chi connectivity index (χ3v) is 3.58. The van der Waals surface area contributed by atoms with E-state index in [2.05, 4.69) is 5.32 Å². The van der Waals surface area contributed by atoms with Crippen LogP contribution in [-0.2, 0) is 11.2 Å². The van der Waals surface area contributed by atoms with Crippen molar-refractivity contribution in [2.75, 3.05) is 14.2 Å². The maximum absolute atomic E-state index is 12.2. The first kappa shape index (κ1) is 16.7. The smallest absolute Gasteiger partial charge is 0.224 e. The number of nitrogens with one attached hydrogen (secondary N) is 1. The highest BCUT2D eigenvalue weighted by Crippen LogP contribution is 2.29. The number of methoxy groups -OCH3 is 2. The van der Waals surface area contributed by atoms with Gasteiger partial charge in [0, 0.05) is 5.56 Å². The lowest BCUT2D eigenvalue weighted by Gasteiger charge is -2.18. The number of phenolic OH excluding ortho intramolecular Hbond substituents is 1. The van der Waals surface area contributed by atoms with E-state index in [1.165, 1.54) is 0 Å². The molecule has 23 heavy (non-hydrogen) atoms. The summed E-state index contributed by atoms with van der Waals surface area (Å²) in [6.45, 7) is 1.89. The summed E-state index contributed by atoms with van der Waals surface area (Å²) in [6.07, 6.45) is 0.247. The van der Waals surface area contributed by atoms with Crippen LogP contribution in [0.4, 0.5) is 0 Å². The van der Waals surface area contributed by atoms with E-state index in [9.17, 15) is 9.90 Å². The number of rotatable bonds is 6. The van der Waals surface area contributed by atoms with Crippen molar-refractivity contribution in [2.24, 2.45) is 0 Å². The van der Waals surface area contributed by atoms with Crippen molar-refractivity contribution in [3.8, 4) is 17.2 Å². The molecule has 2 aromatic carbocycles. The molecule has 0 bridgehead atoms. The second-order valence-electron chi connectivity index (χ2n) is 5.24. The SMILES string of the molecule is COc1ccc(OC)c(C(C)NC(=O)Cc2ccc(O)cc2)c1. The van der Waals surface area contributed by atoms with Crippen LogP contribution in [0, 0.1) is 0 Å². The van der Waals surface area contributed by atoms with Gasteiger partial charge < -0.3 is 19.9 Å². The summed E-state index contributed by atoms with van der Waals surface area (Å²) in [5.41, 5.74) is 1.69. The molecule has 0 spiro atoms. The van der Waals surface area contributed by atoms with Crippen LogP contribution in [0.15, 0.2) is 42.5 Å². The molecule has 1 unspecified atom stereocenters. The first-order valence-electron chi connectivity index (χ1n) is 7.32. The number of carbonyl (C=O) groups excluding carboxylic acids is 1. The van der Waals surface area contributed by atoms with Crippen molar-refractivity contribution in [1.82, 2.24) is 5.32 Å². The lowest BCUT2D eigenvalue weighted by molar-refractivity contribution is -0.121. The van der Waals surface area contributed by atoms with Crippen LogP contribution >= 0.6 is 0 Å². The summed E-state index contributed by atoms with van der Waals surface area (Å²) in [6, 6.07) is 11.9. The fourth-order valence-electron chi connectivity index (χ4n) is 2.35. The molecule has 0 radical (unpaired) electrons. The lowest BCUT2D eigenvalue weighted by atomic mass is 10.1. The fourth-order valence-corrected chi connectivity index (χ4v) is 2.35. The predicted octanol–water partition coefficient (Wildman–Crippen LogP) is 2.83. The number of phenols is 1. The van der Waals surface area contributed by atoms with Gasteiger partial charge in [0.1, 0.15) is 17.2 Å². The molecule has 0 aliphatic heterocycles. The van der Waals surface area contributed by atoms with Crippen LogP contribution in [0.1, 0.15) is 24.1 Å². The van der Waals surface area contributed by atoms with Gasteiger partial charge in [-0.25, -0.2) is 0 Å². The Kier molecular flexibility index (Phi) is 5.46. The average molecular weight is 315 g/mol. The number of benzene rings is 2. The quantitative estimate of drug-likeness (QED) is 0.860. The normalized spacial score (nSPS) is 11.6. The summed E-state index contributed by atoms with van der Waals surface area (Å²) in [5.74, 6) is 1.49. The molecule has 5 heteroatoms. The Bertz CT molecular complexity index is 667. The highest BCUT2D eigenvalue weighted by atomic mass is 16.5. The molecule has 1 amide bonds. The molecular formula is C18H21NO4. The third-order valence-electron chi connectivity index (χ3n) is 3.58. The Morgan fingerprint density at radius 2 is 1.83 bits per heavy atom. The molecule has 0 aliphatic rings. The van der Waals surface area contributed by atoms with E-state index < -0.39 is 0 Å².